The highest BCUT2D eigenvalue weighted by atomic mass is 32.1. The topological polar surface area (TPSA) is 39.1 Å². The second kappa shape index (κ2) is 6.14. The molecule has 0 amide bonds. The largest absolute Gasteiger partial charge is 0.310 e. The molecule has 0 atom stereocenters. The van der Waals surface area contributed by atoms with Gasteiger partial charge in [0.2, 0.25) is 0 Å². The molecule has 0 bridgehead atoms. The lowest BCUT2D eigenvalue weighted by atomic mass is 10.2. The first-order valence-corrected chi connectivity index (χ1v) is 5.42. The maximum Gasteiger partial charge on any atom is 0.310 e. The van der Waals surface area contributed by atoms with Gasteiger partial charge in [-0.25, -0.2) is 0 Å². The minimum atomic E-state index is -0.325. The molecule has 0 spiro atoms. The Labute approximate surface area is 93.0 Å². The first kappa shape index (κ1) is 13.6. The van der Waals surface area contributed by atoms with E-state index in [-0.39, 0.29) is 10.4 Å². The summed E-state index contributed by atoms with van der Waals surface area (Å²) >= 11 is 0.987. The zero-order chi connectivity index (χ0) is 12.0. The molecule has 0 unspecified atom stereocenters. The lowest BCUT2D eigenvalue weighted by Gasteiger charge is -2.00. The number of nitrogens with zero attached hydrogens (tertiary/aromatic N) is 1. The summed E-state index contributed by atoms with van der Waals surface area (Å²) in [5.74, 6) is 0. The van der Waals surface area contributed by atoms with Crippen molar-refractivity contribution in [3.63, 3.8) is 0 Å². The van der Waals surface area contributed by atoms with E-state index in [2.05, 4.69) is 13.2 Å². The molecule has 0 saturated carbocycles. The van der Waals surface area contributed by atoms with Crippen LogP contribution in [-0.4, -0.2) is 4.57 Å². The predicted octanol–water partition coefficient (Wildman–Crippen LogP) is 2.12. The SMILES string of the molecule is C=Cc1sc(=O)n(C)c(=O)c1C=C.CC. The highest BCUT2D eigenvalue weighted by molar-refractivity contribution is 7.10. The molecule has 0 fully saturated rings. The summed E-state index contributed by atoms with van der Waals surface area (Å²) in [5, 5.41) is 0. The number of hydrogen-bond acceptors (Lipinski definition) is 3. The van der Waals surface area contributed by atoms with Gasteiger partial charge in [-0.05, 0) is 0 Å². The Morgan fingerprint density at radius 1 is 1.20 bits per heavy atom. The first-order chi connectivity index (χ1) is 7.11. The molecule has 1 heterocycles. The molecule has 3 nitrogen and oxygen atoms in total. The summed E-state index contributed by atoms with van der Waals surface area (Å²) in [7, 11) is 1.45. The third-order valence-corrected chi connectivity index (χ3v) is 2.72. The van der Waals surface area contributed by atoms with Crippen molar-refractivity contribution in [1.29, 1.82) is 0 Å². The highest BCUT2D eigenvalue weighted by Crippen LogP contribution is 2.08. The van der Waals surface area contributed by atoms with Crippen LogP contribution in [0.4, 0.5) is 0 Å². The van der Waals surface area contributed by atoms with Crippen LogP contribution in [0.1, 0.15) is 24.3 Å². The van der Waals surface area contributed by atoms with E-state index in [4.69, 9.17) is 0 Å². The fourth-order valence-corrected chi connectivity index (χ4v) is 1.70. The maximum absolute atomic E-state index is 11.5. The number of aromatic nitrogens is 1. The van der Waals surface area contributed by atoms with Crippen LogP contribution in [0.3, 0.4) is 0 Å². The summed E-state index contributed by atoms with van der Waals surface area (Å²) in [6.45, 7) is 11.0. The van der Waals surface area contributed by atoms with Crippen molar-refractivity contribution in [2.45, 2.75) is 13.8 Å². The molecule has 0 N–H and O–H groups in total. The van der Waals surface area contributed by atoms with Crippen LogP contribution in [0.15, 0.2) is 22.7 Å². The van der Waals surface area contributed by atoms with Gasteiger partial charge < -0.3 is 0 Å². The van der Waals surface area contributed by atoms with Crippen LogP contribution in [-0.2, 0) is 7.05 Å². The van der Waals surface area contributed by atoms with Gasteiger partial charge in [-0.1, -0.05) is 50.5 Å². The molecular formula is C11H15NO2S. The average molecular weight is 225 g/mol. The standard InChI is InChI=1S/C9H9NO2S.C2H6/c1-4-6-7(5-2)13-9(12)10(3)8(6)11;1-2/h4-5H,1-2H2,3H3;1-2H3. The Balaban J connectivity index is 0.000000921. The molecule has 0 aliphatic rings. The normalized spacial score (nSPS) is 8.73. The molecule has 1 rings (SSSR count). The predicted molar refractivity (Wildman–Crippen MR) is 67.4 cm³/mol. The zero-order valence-electron chi connectivity index (χ0n) is 9.24. The molecule has 1 aromatic heterocycles. The van der Waals surface area contributed by atoms with Crippen LogP contribution in [0.25, 0.3) is 12.2 Å². The molecule has 0 aromatic carbocycles. The van der Waals surface area contributed by atoms with E-state index < -0.39 is 0 Å². The van der Waals surface area contributed by atoms with E-state index >= 15 is 0 Å². The van der Waals surface area contributed by atoms with Crippen LogP contribution in [0.5, 0.6) is 0 Å². The van der Waals surface area contributed by atoms with Gasteiger partial charge in [0.25, 0.3) is 5.56 Å². The average Bonchev–Trinajstić information content (AvgIpc) is 2.28. The van der Waals surface area contributed by atoms with E-state index in [1.54, 1.807) is 0 Å². The van der Waals surface area contributed by atoms with Crippen molar-refractivity contribution >= 4 is 23.5 Å². The maximum atomic E-state index is 11.5. The molecule has 0 radical (unpaired) electrons. The minimum absolute atomic E-state index is 0.287. The van der Waals surface area contributed by atoms with Crippen LogP contribution in [0.2, 0.25) is 0 Å². The lowest BCUT2D eigenvalue weighted by molar-refractivity contribution is 0.840. The van der Waals surface area contributed by atoms with E-state index in [1.165, 1.54) is 19.2 Å². The Kier molecular flexibility index (Phi) is 5.56. The van der Waals surface area contributed by atoms with Crippen molar-refractivity contribution in [3.8, 4) is 0 Å². The quantitative estimate of drug-likeness (QED) is 0.773. The molecule has 1 aromatic rings. The van der Waals surface area contributed by atoms with Crippen molar-refractivity contribution in [2.24, 2.45) is 7.05 Å². The van der Waals surface area contributed by atoms with Crippen LogP contribution < -0.4 is 10.4 Å². The van der Waals surface area contributed by atoms with Gasteiger partial charge >= 0.3 is 4.87 Å². The Morgan fingerprint density at radius 3 is 2.13 bits per heavy atom. The van der Waals surface area contributed by atoms with Gasteiger partial charge in [-0.15, -0.1) is 0 Å². The van der Waals surface area contributed by atoms with Crippen molar-refractivity contribution < 1.29 is 0 Å². The number of hydrogen-bond donors (Lipinski definition) is 0. The molecule has 82 valence electrons. The summed E-state index contributed by atoms with van der Waals surface area (Å²) in [6, 6.07) is 0. The summed E-state index contributed by atoms with van der Waals surface area (Å²) in [5.41, 5.74) is 0.107. The molecule has 0 aliphatic carbocycles. The van der Waals surface area contributed by atoms with Gasteiger partial charge in [0.15, 0.2) is 0 Å². The van der Waals surface area contributed by atoms with Crippen molar-refractivity contribution in [3.05, 3.63) is 43.6 Å². The summed E-state index contributed by atoms with van der Waals surface area (Å²) < 4.78 is 1.06. The fraction of sp³-hybridized carbons (Fsp3) is 0.273. The van der Waals surface area contributed by atoms with Gasteiger partial charge in [0.05, 0.1) is 5.56 Å². The van der Waals surface area contributed by atoms with Crippen LogP contribution in [0, 0.1) is 0 Å². The highest BCUT2D eigenvalue weighted by Gasteiger charge is 2.06. The van der Waals surface area contributed by atoms with Gasteiger partial charge in [-0.2, -0.15) is 0 Å². The second-order valence-electron chi connectivity index (χ2n) is 2.42. The van der Waals surface area contributed by atoms with E-state index in [0.29, 0.717) is 10.4 Å². The lowest BCUT2D eigenvalue weighted by Crippen LogP contribution is -2.30. The van der Waals surface area contributed by atoms with E-state index in [9.17, 15) is 9.59 Å². The van der Waals surface area contributed by atoms with Crippen molar-refractivity contribution in [1.82, 2.24) is 4.57 Å². The third kappa shape index (κ3) is 2.76. The first-order valence-electron chi connectivity index (χ1n) is 4.60. The second-order valence-corrected chi connectivity index (χ2v) is 3.41. The zero-order valence-corrected chi connectivity index (χ0v) is 10.1. The van der Waals surface area contributed by atoms with Gasteiger partial charge in [0, 0.05) is 11.9 Å². The Bertz CT molecular complexity index is 468. The summed E-state index contributed by atoms with van der Waals surface area (Å²) in [6.07, 6.45) is 2.93. The molecule has 0 saturated heterocycles. The number of rotatable bonds is 2. The smallest absolute Gasteiger partial charge is 0.269 e. The summed E-state index contributed by atoms with van der Waals surface area (Å²) in [4.78, 5) is 22.9. The molecule has 0 aliphatic heterocycles. The molecule has 15 heavy (non-hydrogen) atoms. The Hall–Kier alpha value is -1.42. The van der Waals surface area contributed by atoms with Crippen molar-refractivity contribution in [2.75, 3.05) is 0 Å². The van der Waals surface area contributed by atoms with Crippen LogP contribution >= 0.6 is 11.3 Å². The van der Waals surface area contributed by atoms with E-state index in [1.807, 2.05) is 13.8 Å². The van der Waals surface area contributed by atoms with Gasteiger partial charge in [0.1, 0.15) is 0 Å². The van der Waals surface area contributed by atoms with Gasteiger partial charge in [-0.3, -0.25) is 14.2 Å². The monoisotopic (exact) mass is 225 g/mol. The fourth-order valence-electron chi connectivity index (χ4n) is 0.926. The van der Waals surface area contributed by atoms with E-state index in [0.717, 1.165) is 15.9 Å². The third-order valence-electron chi connectivity index (χ3n) is 1.66. The molecule has 4 heteroatoms. The Morgan fingerprint density at radius 2 is 1.73 bits per heavy atom. The molecular weight excluding hydrogens is 210 g/mol. The minimum Gasteiger partial charge on any atom is -0.269 e.